The first kappa shape index (κ1) is 20.9. The van der Waals surface area contributed by atoms with E-state index >= 15 is 0 Å². The number of benzene rings is 2. The number of carbonyl (C=O) groups is 1. The van der Waals surface area contributed by atoms with E-state index in [4.69, 9.17) is 4.98 Å². The molecule has 2 aromatic heterocycles. The molecule has 34 heavy (non-hydrogen) atoms. The first-order valence-corrected chi connectivity index (χ1v) is 12.0. The van der Waals surface area contributed by atoms with E-state index in [0.29, 0.717) is 0 Å². The highest BCUT2D eigenvalue weighted by Crippen LogP contribution is 2.35. The molecule has 0 spiro atoms. The number of hydrogen-bond acceptors (Lipinski definition) is 3. The van der Waals surface area contributed by atoms with E-state index in [2.05, 4.69) is 70.6 Å². The lowest BCUT2D eigenvalue weighted by molar-refractivity contribution is -0.130. The fourth-order valence-electron chi connectivity index (χ4n) is 5.13. The summed E-state index contributed by atoms with van der Waals surface area (Å²) in [6.07, 6.45) is 7.16. The van der Waals surface area contributed by atoms with Crippen LogP contribution >= 0.6 is 0 Å². The average molecular weight is 449 g/mol. The number of piperazine rings is 1. The van der Waals surface area contributed by atoms with Crippen LogP contribution in [0.15, 0.2) is 73.1 Å². The summed E-state index contributed by atoms with van der Waals surface area (Å²) in [6.45, 7) is 6.08. The van der Waals surface area contributed by atoms with Gasteiger partial charge in [-0.1, -0.05) is 36.4 Å². The Morgan fingerprint density at radius 3 is 2.53 bits per heavy atom. The summed E-state index contributed by atoms with van der Waals surface area (Å²) in [4.78, 5) is 24.0. The number of carbonyl (C=O) groups excluding carboxylic acids is 1. The fourth-order valence-corrected chi connectivity index (χ4v) is 5.13. The Morgan fingerprint density at radius 1 is 0.941 bits per heavy atom. The molecular weight excluding hydrogens is 420 g/mol. The Hall–Kier alpha value is -3.70. The molecule has 1 aliphatic heterocycles. The number of aromatic amines is 1. The van der Waals surface area contributed by atoms with Crippen LogP contribution in [0.2, 0.25) is 0 Å². The van der Waals surface area contributed by atoms with E-state index < -0.39 is 0 Å². The third-order valence-corrected chi connectivity index (χ3v) is 7.14. The van der Waals surface area contributed by atoms with Gasteiger partial charge < -0.3 is 9.88 Å². The van der Waals surface area contributed by atoms with E-state index in [0.717, 1.165) is 55.9 Å². The maximum absolute atomic E-state index is 11.5. The minimum Gasteiger partial charge on any atom is -0.361 e. The van der Waals surface area contributed by atoms with Crippen molar-refractivity contribution in [3.8, 4) is 11.1 Å². The number of nitrogens with zero attached hydrogens (tertiary/aromatic N) is 3. The summed E-state index contributed by atoms with van der Waals surface area (Å²) < 4.78 is 0. The molecule has 2 aromatic carbocycles. The molecule has 1 fully saturated rings. The molecule has 5 heteroatoms. The van der Waals surface area contributed by atoms with E-state index in [-0.39, 0.29) is 5.91 Å². The number of fused-ring (bicyclic) bond motifs is 2. The molecule has 6 rings (SSSR count). The van der Waals surface area contributed by atoms with Crippen molar-refractivity contribution in [3.05, 3.63) is 95.5 Å². The number of nitrogens with one attached hydrogen (secondary N) is 1. The van der Waals surface area contributed by atoms with Crippen LogP contribution in [-0.4, -0.2) is 51.9 Å². The van der Waals surface area contributed by atoms with Crippen molar-refractivity contribution in [2.45, 2.75) is 19.9 Å². The molecule has 3 heterocycles. The second-order valence-electron chi connectivity index (χ2n) is 9.30. The Morgan fingerprint density at radius 2 is 1.74 bits per heavy atom. The number of aromatic nitrogens is 2. The summed E-state index contributed by atoms with van der Waals surface area (Å²) >= 11 is 0. The summed E-state index contributed by atoms with van der Waals surface area (Å²) in [5.74, 6) is 0.176. The van der Waals surface area contributed by atoms with Crippen molar-refractivity contribution in [3.63, 3.8) is 0 Å². The van der Waals surface area contributed by atoms with Crippen molar-refractivity contribution in [1.82, 2.24) is 19.8 Å². The normalized spacial score (nSPS) is 16.0. The van der Waals surface area contributed by atoms with Crippen LogP contribution in [0.3, 0.4) is 0 Å². The summed E-state index contributed by atoms with van der Waals surface area (Å²) in [7, 11) is 0. The van der Waals surface area contributed by atoms with Crippen LogP contribution < -0.4 is 0 Å². The highest BCUT2D eigenvalue weighted by molar-refractivity contribution is 5.90. The molecule has 1 aliphatic carbocycles. The number of rotatable bonds is 4. The van der Waals surface area contributed by atoms with Crippen molar-refractivity contribution in [2.75, 3.05) is 26.2 Å². The number of H-pyrrole nitrogens is 1. The molecule has 1 N–H and O–H groups in total. The quantitative estimate of drug-likeness (QED) is 0.484. The minimum absolute atomic E-state index is 0.176. The number of amides is 1. The highest BCUT2D eigenvalue weighted by Gasteiger charge is 2.20. The van der Waals surface area contributed by atoms with E-state index in [1.165, 1.54) is 33.2 Å². The van der Waals surface area contributed by atoms with Crippen LogP contribution in [0.25, 0.3) is 27.6 Å². The van der Waals surface area contributed by atoms with Crippen LogP contribution in [0.4, 0.5) is 0 Å². The van der Waals surface area contributed by atoms with Gasteiger partial charge >= 0.3 is 0 Å². The van der Waals surface area contributed by atoms with Crippen molar-refractivity contribution < 1.29 is 4.79 Å². The fraction of sp³-hybridized carbons (Fsp3) is 0.241. The summed E-state index contributed by atoms with van der Waals surface area (Å²) in [5, 5.41) is 1.23. The number of pyridine rings is 1. The van der Waals surface area contributed by atoms with Gasteiger partial charge in [-0.2, -0.15) is 0 Å². The molecule has 0 atom stereocenters. The van der Waals surface area contributed by atoms with Crippen molar-refractivity contribution in [1.29, 1.82) is 0 Å². The SMILES string of the molecule is CC(=O)N1CCN(Cc2ccc(-c3cnc4c(c3)C(c3ccc5[nH]ccc5c3)=CC4)cc2)CC1. The molecule has 170 valence electrons. The van der Waals surface area contributed by atoms with Crippen molar-refractivity contribution in [2.24, 2.45) is 0 Å². The molecule has 4 aromatic rings. The van der Waals surface area contributed by atoms with Gasteiger partial charge in [0.2, 0.25) is 5.91 Å². The molecule has 0 saturated carbocycles. The van der Waals surface area contributed by atoms with E-state index in [1.54, 1.807) is 6.92 Å². The van der Waals surface area contributed by atoms with Gasteiger partial charge in [-0.3, -0.25) is 14.7 Å². The Bertz CT molecular complexity index is 1390. The number of hydrogen-bond donors (Lipinski definition) is 1. The summed E-state index contributed by atoms with van der Waals surface area (Å²) in [6, 6.07) is 19.9. The van der Waals surface area contributed by atoms with Gasteiger partial charge in [0.25, 0.3) is 0 Å². The van der Waals surface area contributed by atoms with Gasteiger partial charge in [0.1, 0.15) is 0 Å². The zero-order valence-electron chi connectivity index (χ0n) is 19.4. The van der Waals surface area contributed by atoms with Gasteiger partial charge in [-0.25, -0.2) is 0 Å². The second-order valence-corrected chi connectivity index (χ2v) is 9.30. The topological polar surface area (TPSA) is 52.2 Å². The lowest BCUT2D eigenvalue weighted by Crippen LogP contribution is -2.47. The van der Waals surface area contributed by atoms with Crippen LogP contribution in [0.1, 0.15) is 29.3 Å². The molecular formula is C29H28N4O. The minimum atomic E-state index is 0.176. The third-order valence-electron chi connectivity index (χ3n) is 7.14. The van der Waals surface area contributed by atoms with Crippen LogP contribution in [-0.2, 0) is 17.8 Å². The smallest absolute Gasteiger partial charge is 0.219 e. The Kier molecular flexibility index (Phi) is 5.27. The molecule has 5 nitrogen and oxygen atoms in total. The van der Waals surface area contributed by atoms with Crippen LogP contribution in [0, 0.1) is 0 Å². The molecule has 0 bridgehead atoms. The van der Waals surface area contributed by atoms with E-state index in [9.17, 15) is 4.79 Å². The maximum atomic E-state index is 11.5. The lowest BCUT2D eigenvalue weighted by atomic mass is 9.97. The predicted octanol–water partition coefficient (Wildman–Crippen LogP) is 4.88. The first-order valence-electron chi connectivity index (χ1n) is 12.0. The first-order chi connectivity index (χ1) is 16.6. The molecule has 0 unspecified atom stereocenters. The van der Waals surface area contributed by atoms with E-state index in [1.807, 2.05) is 17.3 Å². The molecule has 1 amide bonds. The zero-order chi connectivity index (χ0) is 23.1. The largest absolute Gasteiger partial charge is 0.361 e. The third kappa shape index (κ3) is 3.93. The van der Waals surface area contributed by atoms with Gasteiger partial charge in [0.05, 0.1) is 5.69 Å². The standard InChI is InChI=1S/C29H28N4O/c1-20(34)33-14-12-32(13-15-33)19-21-2-4-22(5-3-21)25-17-27-26(7-9-29(27)31-18-25)23-6-8-28-24(16-23)10-11-30-28/h2-8,10-11,16-18,30H,9,12-15,19H2,1H3. The monoisotopic (exact) mass is 448 g/mol. The highest BCUT2D eigenvalue weighted by atomic mass is 16.2. The van der Waals surface area contributed by atoms with Gasteiger partial charge in [0.15, 0.2) is 0 Å². The van der Waals surface area contributed by atoms with Gasteiger partial charge in [0, 0.05) is 75.1 Å². The van der Waals surface area contributed by atoms with Crippen LogP contribution in [0.5, 0.6) is 0 Å². The molecule has 1 saturated heterocycles. The molecule has 2 aliphatic rings. The Balaban J connectivity index is 1.19. The lowest BCUT2D eigenvalue weighted by Gasteiger charge is -2.34. The van der Waals surface area contributed by atoms with Crippen molar-refractivity contribution >= 4 is 22.4 Å². The molecule has 0 radical (unpaired) electrons. The second kappa shape index (κ2) is 8.58. The zero-order valence-corrected chi connectivity index (χ0v) is 19.4. The average Bonchev–Trinajstić information content (AvgIpc) is 3.51. The van der Waals surface area contributed by atoms with Gasteiger partial charge in [-0.15, -0.1) is 0 Å². The van der Waals surface area contributed by atoms with Gasteiger partial charge in [-0.05, 0) is 51.9 Å². The number of allylic oxidation sites excluding steroid dienone is 1. The Labute approximate surface area is 199 Å². The predicted molar refractivity (Wildman–Crippen MR) is 136 cm³/mol. The summed E-state index contributed by atoms with van der Waals surface area (Å²) in [5.41, 5.74) is 9.70. The maximum Gasteiger partial charge on any atom is 0.219 e.